The molecule has 1 aromatic carbocycles. The second-order valence-corrected chi connectivity index (χ2v) is 4.07. The third kappa shape index (κ3) is 2.23. The fraction of sp³-hybridized carbons (Fsp3) is 0.333. The van der Waals surface area contributed by atoms with E-state index < -0.39 is 0 Å². The van der Waals surface area contributed by atoms with E-state index in [0.717, 1.165) is 25.0 Å². The number of halogens is 2. The van der Waals surface area contributed by atoms with Gasteiger partial charge in [0.2, 0.25) is 0 Å². The van der Waals surface area contributed by atoms with Crippen molar-refractivity contribution in [2.45, 2.75) is 6.42 Å². The molecule has 0 aliphatic carbocycles. The molecule has 1 fully saturated rings. The van der Waals surface area contributed by atoms with Gasteiger partial charge in [-0.05, 0) is 30.6 Å². The molecule has 74 valence electrons. The van der Waals surface area contributed by atoms with Gasteiger partial charge in [-0.3, -0.25) is 0 Å². The second-order valence-electron chi connectivity index (χ2n) is 3.22. The predicted octanol–water partition coefficient (Wildman–Crippen LogP) is 1.70. The summed E-state index contributed by atoms with van der Waals surface area (Å²) in [6, 6.07) is 5.45. The number of benzene rings is 1. The minimum absolute atomic E-state index is 0.0893. The van der Waals surface area contributed by atoms with Crippen LogP contribution in [0.3, 0.4) is 0 Å². The van der Waals surface area contributed by atoms with Gasteiger partial charge >= 0.3 is 7.05 Å². The number of nitrogens with one attached hydrogen (secondary N) is 1. The van der Waals surface area contributed by atoms with E-state index in [4.69, 9.17) is 27.9 Å². The van der Waals surface area contributed by atoms with Gasteiger partial charge in [0.1, 0.15) is 0 Å². The zero-order valence-corrected chi connectivity index (χ0v) is 9.11. The Labute approximate surface area is 93.7 Å². The fourth-order valence-electron chi connectivity index (χ4n) is 1.48. The third-order valence-electron chi connectivity index (χ3n) is 2.18. The predicted molar refractivity (Wildman–Crippen MR) is 60.4 cm³/mol. The first-order chi connectivity index (χ1) is 6.77. The molecule has 0 unspecified atom stereocenters. The Hall–Kier alpha value is -0.215. The van der Waals surface area contributed by atoms with Crippen LogP contribution < -0.4 is 10.7 Å². The third-order valence-corrected chi connectivity index (χ3v) is 2.74. The highest BCUT2D eigenvalue weighted by molar-refractivity contribution is 6.68. The van der Waals surface area contributed by atoms with Gasteiger partial charge in [0.25, 0.3) is 0 Å². The highest BCUT2D eigenvalue weighted by Crippen LogP contribution is 2.14. The van der Waals surface area contributed by atoms with Crippen LogP contribution in [0.25, 0.3) is 0 Å². The molecule has 2 rings (SSSR count). The van der Waals surface area contributed by atoms with Crippen LogP contribution in [0.15, 0.2) is 18.2 Å². The maximum absolute atomic E-state index is 6.06. The minimum Gasteiger partial charge on any atom is -0.418 e. The average molecular weight is 230 g/mol. The lowest BCUT2D eigenvalue weighted by Gasteiger charge is -2.21. The van der Waals surface area contributed by atoms with E-state index in [2.05, 4.69) is 5.23 Å². The van der Waals surface area contributed by atoms with Crippen LogP contribution in [0, 0.1) is 0 Å². The molecule has 1 N–H and O–H groups in total. The summed E-state index contributed by atoms with van der Waals surface area (Å²) in [6.45, 7) is 1.74. The van der Waals surface area contributed by atoms with Gasteiger partial charge in [0.05, 0.1) is 0 Å². The Kier molecular flexibility index (Phi) is 3.34. The largest absolute Gasteiger partial charge is 0.418 e. The van der Waals surface area contributed by atoms with Crippen molar-refractivity contribution in [2.75, 3.05) is 13.2 Å². The molecule has 14 heavy (non-hydrogen) atoms. The van der Waals surface area contributed by atoms with Crippen LogP contribution in [0.2, 0.25) is 10.0 Å². The molecule has 0 bridgehead atoms. The number of hydrogen-bond acceptors (Lipinski definition) is 2. The molecule has 1 heterocycles. The summed E-state index contributed by atoms with van der Waals surface area (Å²) < 4.78 is 5.55. The number of hydrogen-bond donors (Lipinski definition) is 1. The van der Waals surface area contributed by atoms with Gasteiger partial charge in [-0.1, -0.05) is 29.3 Å². The van der Waals surface area contributed by atoms with Crippen molar-refractivity contribution in [1.82, 2.24) is 5.23 Å². The van der Waals surface area contributed by atoms with E-state index in [1.165, 1.54) is 0 Å². The molecule has 0 amide bonds. The summed E-state index contributed by atoms with van der Waals surface area (Å²) in [6.07, 6.45) is 1.04. The lowest BCUT2D eigenvalue weighted by atomic mass is 9.72. The Morgan fingerprint density at radius 3 is 2.86 bits per heavy atom. The summed E-state index contributed by atoms with van der Waals surface area (Å²) in [5.74, 6) is 0. The molecule has 0 radical (unpaired) electrons. The first-order valence-electron chi connectivity index (χ1n) is 4.57. The topological polar surface area (TPSA) is 21.3 Å². The quantitative estimate of drug-likeness (QED) is 0.741. The van der Waals surface area contributed by atoms with Gasteiger partial charge < -0.3 is 9.88 Å². The first-order valence-corrected chi connectivity index (χ1v) is 5.33. The monoisotopic (exact) mass is 229 g/mol. The summed E-state index contributed by atoms with van der Waals surface area (Å²) in [4.78, 5) is 0. The minimum atomic E-state index is -0.0893. The SMILES string of the molecule is Clc1ccc(B2NCCCO2)c(Cl)c1. The van der Waals surface area contributed by atoms with E-state index in [1.54, 1.807) is 6.07 Å². The van der Waals surface area contributed by atoms with Crippen molar-refractivity contribution in [3.05, 3.63) is 28.2 Å². The van der Waals surface area contributed by atoms with Crippen LogP contribution >= 0.6 is 23.2 Å². The maximum atomic E-state index is 6.06. The van der Waals surface area contributed by atoms with Gasteiger partial charge in [-0.15, -0.1) is 0 Å². The summed E-state index contributed by atoms with van der Waals surface area (Å²) in [7, 11) is -0.0893. The fourth-order valence-corrected chi connectivity index (χ4v) is 1.99. The second kappa shape index (κ2) is 4.54. The summed E-state index contributed by atoms with van der Waals surface area (Å²) in [5.41, 5.74) is 0.954. The van der Waals surface area contributed by atoms with Gasteiger partial charge in [0.15, 0.2) is 0 Å². The highest BCUT2D eigenvalue weighted by Gasteiger charge is 2.24. The molecule has 1 aromatic rings. The van der Waals surface area contributed by atoms with Crippen LogP contribution in [-0.2, 0) is 4.65 Å². The molecular weight excluding hydrogens is 220 g/mol. The zero-order valence-electron chi connectivity index (χ0n) is 7.59. The lowest BCUT2D eigenvalue weighted by Crippen LogP contribution is -2.51. The summed E-state index contributed by atoms with van der Waals surface area (Å²) in [5, 5.41) is 4.54. The van der Waals surface area contributed by atoms with Gasteiger partial charge in [-0.2, -0.15) is 0 Å². The average Bonchev–Trinajstić information content (AvgIpc) is 2.19. The molecule has 2 nitrogen and oxygen atoms in total. The van der Waals surface area contributed by atoms with Crippen molar-refractivity contribution in [1.29, 1.82) is 0 Å². The molecular formula is C9H10BCl2NO. The summed E-state index contributed by atoms with van der Waals surface area (Å²) >= 11 is 11.9. The normalized spacial score (nSPS) is 17.1. The molecule has 1 aliphatic heterocycles. The molecule has 0 aromatic heterocycles. The van der Waals surface area contributed by atoms with Crippen LogP contribution in [0.5, 0.6) is 0 Å². The van der Waals surface area contributed by atoms with E-state index in [9.17, 15) is 0 Å². The standard InChI is InChI=1S/C9H10BCl2NO/c11-7-2-3-8(9(12)6-7)10-13-4-1-5-14-10/h2-3,6,13H,1,4-5H2. The zero-order chi connectivity index (χ0) is 9.97. The highest BCUT2D eigenvalue weighted by atomic mass is 35.5. The van der Waals surface area contributed by atoms with Crippen molar-refractivity contribution >= 4 is 35.7 Å². The van der Waals surface area contributed by atoms with Crippen molar-refractivity contribution in [2.24, 2.45) is 0 Å². The lowest BCUT2D eigenvalue weighted by molar-refractivity contribution is 0.287. The number of rotatable bonds is 1. The van der Waals surface area contributed by atoms with Crippen LogP contribution in [0.4, 0.5) is 0 Å². The van der Waals surface area contributed by atoms with Crippen molar-refractivity contribution in [3.8, 4) is 0 Å². The molecule has 0 spiro atoms. The Morgan fingerprint density at radius 1 is 1.36 bits per heavy atom. The van der Waals surface area contributed by atoms with E-state index in [-0.39, 0.29) is 7.05 Å². The van der Waals surface area contributed by atoms with Crippen molar-refractivity contribution in [3.63, 3.8) is 0 Å². The Bertz CT molecular complexity index is 329. The molecule has 1 saturated heterocycles. The molecule has 0 atom stereocenters. The maximum Gasteiger partial charge on any atom is 0.417 e. The van der Waals surface area contributed by atoms with E-state index >= 15 is 0 Å². The Morgan fingerprint density at radius 2 is 2.21 bits per heavy atom. The first kappa shape index (κ1) is 10.3. The van der Waals surface area contributed by atoms with Crippen molar-refractivity contribution < 1.29 is 4.65 Å². The molecule has 5 heteroatoms. The molecule has 1 aliphatic rings. The van der Waals surface area contributed by atoms with E-state index in [1.807, 2.05) is 12.1 Å². The van der Waals surface area contributed by atoms with E-state index in [0.29, 0.717) is 10.0 Å². The van der Waals surface area contributed by atoms with Crippen LogP contribution in [0.1, 0.15) is 6.42 Å². The van der Waals surface area contributed by atoms with Crippen LogP contribution in [-0.4, -0.2) is 20.2 Å². The molecule has 0 saturated carbocycles. The van der Waals surface area contributed by atoms with Gasteiger partial charge in [0, 0.05) is 16.7 Å². The smallest absolute Gasteiger partial charge is 0.417 e. The Balaban J connectivity index is 2.22. The van der Waals surface area contributed by atoms with Gasteiger partial charge in [-0.25, -0.2) is 0 Å².